The molecule has 7 nitrogen and oxygen atoms in total. The summed E-state index contributed by atoms with van der Waals surface area (Å²) >= 11 is 0. The molecule has 1 aromatic carbocycles. The molecule has 3 rings (SSSR count). The second kappa shape index (κ2) is 6.28. The summed E-state index contributed by atoms with van der Waals surface area (Å²) in [6, 6.07) is 6.33. The number of benzene rings is 1. The van der Waals surface area contributed by atoms with Crippen molar-refractivity contribution in [1.82, 2.24) is 10.2 Å². The van der Waals surface area contributed by atoms with Gasteiger partial charge in [0, 0.05) is 6.04 Å². The average Bonchev–Trinajstić information content (AvgIpc) is 3.31. The number of hydrogen-bond acceptors (Lipinski definition) is 5. The fourth-order valence-corrected chi connectivity index (χ4v) is 2.70. The molecule has 0 aromatic heterocycles. The Morgan fingerprint density at radius 1 is 1.26 bits per heavy atom. The van der Waals surface area contributed by atoms with Crippen LogP contribution in [0.5, 0.6) is 11.5 Å². The summed E-state index contributed by atoms with van der Waals surface area (Å²) in [4.78, 5) is 37.2. The quantitative estimate of drug-likeness (QED) is 0.771. The van der Waals surface area contributed by atoms with Crippen LogP contribution in [0.25, 0.3) is 0 Å². The number of para-hydroxylation sites is 2. The standard InChI is InChI=1S/C16H18N2O5/c1-22-12-4-2-3-5-13(12)23-9-15(20)18(10-6-7-10)11-8-14(19)17-16(11)21/h2-5,10-11H,6-9H2,1H3,(H,17,19,21). The van der Waals surface area contributed by atoms with E-state index in [0.29, 0.717) is 11.5 Å². The Balaban J connectivity index is 1.68. The van der Waals surface area contributed by atoms with E-state index in [1.807, 2.05) is 0 Å². The highest BCUT2D eigenvalue weighted by atomic mass is 16.5. The molecule has 1 aliphatic carbocycles. The zero-order valence-corrected chi connectivity index (χ0v) is 12.8. The molecule has 3 amide bonds. The highest BCUT2D eigenvalue weighted by Crippen LogP contribution is 2.31. The van der Waals surface area contributed by atoms with E-state index < -0.39 is 11.9 Å². The summed E-state index contributed by atoms with van der Waals surface area (Å²) < 4.78 is 10.7. The molecule has 0 bridgehead atoms. The largest absolute Gasteiger partial charge is 0.493 e. The van der Waals surface area contributed by atoms with Crippen LogP contribution in [0.15, 0.2) is 24.3 Å². The molecule has 122 valence electrons. The fraction of sp³-hybridized carbons (Fsp3) is 0.438. The number of rotatable bonds is 6. The number of nitrogens with one attached hydrogen (secondary N) is 1. The van der Waals surface area contributed by atoms with E-state index in [4.69, 9.17) is 9.47 Å². The highest BCUT2D eigenvalue weighted by Gasteiger charge is 2.44. The predicted octanol–water partition coefficient (Wildman–Crippen LogP) is 0.480. The monoisotopic (exact) mass is 318 g/mol. The van der Waals surface area contributed by atoms with E-state index in [-0.39, 0.29) is 30.9 Å². The first-order valence-corrected chi connectivity index (χ1v) is 7.51. The Morgan fingerprint density at radius 3 is 2.52 bits per heavy atom. The van der Waals surface area contributed by atoms with Gasteiger partial charge in [-0.25, -0.2) is 0 Å². The number of amides is 3. The molecule has 1 saturated carbocycles. The molecule has 1 heterocycles. The molecule has 1 aromatic rings. The van der Waals surface area contributed by atoms with Gasteiger partial charge >= 0.3 is 0 Å². The van der Waals surface area contributed by atoms with E-state index in [9.17, 15) is 14.4 Å². The van der Waals surface area contributed by atoms with Gasteiger partial charge in [-0.2, -0.15) is 0 Å². The molecule has 1 N–H and O–H groups in total. The zero-order chi connectivity index (χ0) is 16.4. The maximum Gasteiger partial charge on any atom is 0.261 e. The zero-order valence-electron chi connectivity index (χ0n) is 12.8. The predicted molar refractivity (Wildman–Crippen MR) is 79.9 cm³/mol. The number of nitrogens with zero attached hydrogens (tertiary/aromatic N) is 1. The third-order valence-corrected chi connectivity index (χ3v) is 3.93. The van der Waals surface area contributed by atoms with Crippen LogP contribution in [0.1, 0.15) is 19.3 Å². The fourth-order valence-electron chi connectivity index (χ4n) is 2.70. The van der Waals surface area contributed by atoms with Crippen LogP contribution in [0.4, 0.5) is 0 Å². The maximum absolute atomic E-state index is 12.5. The topological polar surface area (TPSA) is 84.9 Å². The molecule has 0 spiro atoms. The van der Waals surface area contributed by atoms with Crippen molar-refractivity contribution >= 4 is 17.7 Å². The molecule has 0 radical (unpaired) electrons. The molecule has 1 saturated heterocycles. The third kappa shape index (κ3) is 3.28. The number of imide groups is 1. The van der Waals surface area contributed by atoms with Crippen LogP contribution in [0.3, 0.4) is 0 Å². The summed E-state index contributed by atoms with van der Waals surface area (Å²) in [5.74, 6) is -0.0528. The molecule has 2 aliphatic rings. The number of hydrogen-bond donors (Lipinski definition) is 1. The Hall–Kier alpha value is -2.57. The van der Waals surface area contributed by atoms with Crippen molar-refractivity contribution in [3.63, 3.8) is 0 Å². The van der Waals surface area contributed by atoms with Gasteiger partial charge in [-0.05, 0) is 25.0 Å². The van der Waals surface area contributed by atoms with Crippen molar-refractivity contribution in [1.29, 1.82) is 0 Å². The maximum atomic E-state index is 12.5. The molecule has 1 aliphatic heterocycles. The van der Waals surface area contributed by atoms with Gasteiger partial charge in [0.1, 0.15) is 6.04 Å². The lowest BCUT2D eigenvalue weighted by molar-refractivity contribution is -0.141. The van der Waals surface area contributed by atoms with Gasteiger partial charge in [-0.15, -0.1) is 0 Å². The summed E-state index contributed by atoms with van der Waals surface area (Å²) in [5, 5.41) is 2.24. The van der Waals surface area contributed by atoms with Crippen LogP contribution < -0.4 is 14.8 Å². The lowest BCUT2D eigenvalue weighted by Gasteiger charge is -2.26. The van der Waals surface area contributed by atoms with Gasteiger partial charge in [0.25, 0.3) is 5.91 Å². The number of carbonyl (C=O) groups is 3. The minimum atomic E-state index is -0.719. The van der Waals surface area contributed by atoms with Crippen molar-refractivity contribution in [2.24, 2.45) is 0 Å². The molecule has 1 atom stereocenters. The first-order chi connectivity index (χ1) is 11.1. The normalized spacial score (nSPS) is 20.1. The van der Waals surface area contributed by atoms with Crippen LogP contribution >= 0.6 is 0 Å². The highest BCUT2D eigenvalue weighted by molar-refractivity contribution is 6.07. The van der Waals surface area contributed by atoms with Crippen LogP contribution in [-0.4, -0.2) is 48.4 Å². The smallest absolute Gasteiger partial charge is 0.261 e. The Bertz CT molecular complexity index is 641. The first-order valence-electron chi connectivity index (χ1n) is 7.51. The van der Waals surface area contributed by atoms with E-state index in [1.165, 1.54) is 12.0 Å². The minimum absolute atomic E-state index is 0.0189. The van der Waals surface area contributed by atoms with E-state index in [0.717, 1.165) is 12.8 Å². The van der Waals surface area contributed by atoms with Crippen molar-refractivity contribution in [3.8, 4) is 11.5 Å². The lowest BCUT2D eigenvalue weighted by Crippen LogP contribution is -2.47. The van der Waals surface area contributed by atoms with Gasteiger partial charge in [0.15, 0.2) is 18.1 Å². The van der Waals surface area contributed by atoms with Gasteiger partial charge < -0.3 is 14.4 Å². The summed E-state index contributed by atoms with van der Waals surface area (Å²) in [5.41, 5.74) is 0. The number of ether oxygens (including phenoxy) is 2. The summed E-state index contributed by atoms with van der Waals surface area (Å²) in [6.07, 6.45) is 1.71. The molecule has 1 unspecified atom stereocenters. The Morgan fingerprint density at radius 2 is 1.96 bits per heavy atom. The van der Waals surface area contributed by atoms with E-state index >= 15 is 0 Å². The third-order valence-electron chi connectivity index (χ3n) is 3.93. The molecular weight excluding hydrogens is 300 g/mol. The Labute approximate surface area is 133 Å². The van der Waals surface area contributed by atoms with Crippen LogP contribution in [-0.2, 0) is 14.4 Å². The number of methoxy groups -OCH3 is 1. The van der Waals surface area contributed by atoms with Gasteiger partial charge in [-0.1, -0.05) is 12.1 Å². The molecular formula is C16H18N2O5. The second-order valence-electron chi connectivity index (χ2n) is 5.60. The van der Waals surface area contributed by atoms with Crippen LogP contribution in [0, 0.1) is 0 Å². The van der Waals surface area contributed by atoms with Gasteiger partial charge in [0.2, 0.25) is 11.8 Å². The van der Waals surface area contributed by atoms with Gasteiger partial charge in [-0.3, -0.25) is 19.7 Å². The first kappa shape index (κ1) is 15.3. The Kier molecular flexibility index (Phi) is 4.18. The van der Waals surface area contributed by atoms with Crippen molar-refractivity contribution in [2.45, 2.75) is 31.3 Å². The summed E-state index contributed by atoms with van der Waals surface area (Å²) in [6.45, 7) is -0.200. The van der Waals surface area contributed by atoms with E-state index in [2.05, 4.69) is 5.32 Å². The number of carbonyl (C=O) groups excluding carboxylic acids is 3. The van der Waals surface area contributed by atoms with Crippen molar-refractivity contribution in [3.05, 3.63) is 24.3 Å². The van der Waals surface area contributed by atoms with Gasteiger partial charge in [0.05, 0.1) is 13.5 Å². The molecule has 23 heavy (non-hydrogen) atoms. The van der Waals surface area contributed by atoms with Crippen molar-refractivity contribution < 1.29 is 23.9 Å². The summed E-state index contributed by atoms with van der Waals surface area (Å²) in [7, 11) is 1.52. The van der Waals surface area contributed by atoms with Crippen molar-refractivity contribution in [2.75, 3.05) is 13.7 Å². The minimum Gasteiger partial charge on any atom is -0.493 e. The van der Waals surface area contributed by atoms with E-state index in [1.54, 1.807) is 24.3 Å². The molecule has 2 fully saturated rings. The van der Waals surface area contributed by atoms with Crippen LogP contribution in [0.2, 0.25) is 0 Å². The lowest BCUT2D eigenvalue weighted by atomic mass is 10.2. The average molecular weight is 318 g/mol. The molecule has 7 heteroatoms. The second-order valence-corrected chi connectivity index (χ2v) is 5.60. The SMILES string of the molecule is COc1ccccc1OCC(=O)N(C1CC1)C1CC(=O)NC1=O.